The minimum absolute atomic E-state index is 0.244. The summed E-state index contributed by atoms with van der Waals surface area (Å²) in [5.74, 6) is -0.598. The molecule has 0 fully saturated rings. The Kier molecular flexibility index (Phi) is 5.15. The molecule has 0 spiro atoms. The van der Waals surface area contributed by atoms with E-state index in [1.165, 1.54) is 19.3 Å². The standard InChI is InChI=1S/C18H22N2O5/c1-6-24-10-14-13-9-12(25-17(23)19-18(3,4)5)7-8-15(13)20(11(2)21)16(14)22/h7-10H,6H2,1-5H3,(H,19,23). The zero-order valence-corrected chi connectivity index (χ0v) is 15.0. The van der Waals surface area contributed by atoms with Gasteiger partial charge in [-0.25, -0.2) is 9.69 Å². The first-order chi connectivity index (χ1) is 11.6. The van der Waals surface area contributed by atoms with Gasteiger partial charge < -0.3 is 14.8 Å². The van der Waals surface area contributed by atoms with Crippen LogP contribution in [0.5, 0.6) is 5.75 Å². The summed E-state index contributed by atoms with van der Waals surface area (Å²) in [5, 5.41) is 2.68. The number of nitrogens with zero attached hydrogens (tertiary/aromatic N) is 1. The quantitative estimate of drug-likeness (QED) is 0.672. The normalized spacial score (nSPS) is 15.2. The first-order valence-corrected chi connectivity index (χ1v) is 7.95. The van der Waals surface area contributed by atoms with E-state index >= 15 is 0 Å². The average molecular weight is 346 g/mol. The average Bonchev–Trinajstić information content (AvgIpc) is 2.74. The number of hydrogen-bond donors (Lipinski definition) is 1. The monoisotopic (exact) mass is 346 g/mol. The van der Waals surface area contributed by atoms with Crippen LogP contribution >= 0.6 is 0 Å². The molecule has 0 saturated carbocycles. The predicted octanol–water partition coefficient (Wildman–Crippen LogP) is 2.84. The van der Waals surface area contributed by atoms with E-state index in [9.17, 15) is 14.4 Å². The van der Waals surface area contributed by atoms with E-state index in [4.69, 9.17) is 9.47 Å². The van der Waals surface area contributed by atoms with Crippen molar-refractivity contribution in [2.45, 2.75) is 40.2 Å². The van der Waals surface area contributed by atoms with Crippen LogP contribution in [-0.4, -0.2) is 30.1 Å². The first-order valence-electron chi connectivity index (χ1n) is 7.95. The molecule has 1 heterocycles. The molecule has 1 aromatic carbocycles. The van der Waals surface area contributed by atoms with Crippen molar-refractivity contribution in [1.29, 1.82) is 0 Å². The zero-order chi connectivity index (χ0) is 18.8. The second kappa shape index (κ2) is 6.96. The lowest BCUT2D eigenvalue weighted by molar-refractivity contribution is -0.122. The lowest BCUT2D eigenvalue weighted by Crippen LogP contribution is -2.42. The molecule has 0 aromatic heterocycles. The van der Waals surface area contributed by atoms with E-state index in [2.05, 4.69) is 5.32 Å². The van der Waals surface area contributed by atoms with Crippen molar-refractivity contribution in [2.24, 2.45) is 0 Å². The number of rotatable bonds is 3. The number of imide groups is 1. The fourth-order valence-electron chi connectivity index (χ4n) is 2.37. The second-order valence-electron chi connectivity index (χ2n) is 6.59. The summed E-state index contributed by atoms with van der Waals surface area (Å²) in [6, 6.07) is 4.65. The smallest absolute Gasteiger partial charge is 0.413 e. The van der Waals surface area contributed by atoms with Gasteiger partial charge in [0.1, 0.15) is 5.75 Å². The van der Waals surface area contributed by atoms with E-state index in [-0.39, 0.29) is 11.3 Å². The number of carbonyl (C=O) groups excluding carboxylic acids is 3. The van der Waals surface area contributed by atoms with Crippen molar-refractivity contribution in [3.05, 3.63) is 30.0 Å². The Labute approximate surface area is 146 Å². The maximum Gasteiger partial charge on any atom is 0.413 e. The molecule has 1 aromatic rings. The zero-order valence-electron chi connectivity index (χ0n) is 15.0. The van der Waals surface area contributed by atoms with Gasteiger partial charge in [0, 0.05) is 18.0 Å². The molecule has 1 aliphatic rings. The minimum Gasteiger partial charge on any atom is -0.501 e. The van der Waals surface area contributed by atoms with Crippen LogP contribution in [0.15, 0.2) is 24.5 Å². The lowest BCUT2D eigenvalue weighted by atomic mass is 10.1. The Hall–Kier alpha value is -2.83. The molecule has 1 aliphatic heterocycles. The molecule has 0 atom stereocenters. The van der Waals surface area contributed by atoms with Gasteiger partial charge >= 0.3 is 6.09 Å². The number of ether oxygens (including phenoxy) is 2. The van der Waals surface area contributed by atoms with Crippen molar-refractivity contribution in [3.63, 3.8) is 0 Å². The van der Waals surface area contributed by atoms with Gasteiger partial charge in [-0.1, -0.05) is 0 Å². The maximum atomic E-state index is 12.5. The van der Waals surface area contributed by atoms with Crippen LogP contribution in [0.2, 0.25) is 0 Å². The van der Waals surface area contributed by atoms with Gasteiger partial charge in [0.25, 0.3) is 5.91 Å². The summed E-state index contributed by atoms with van der Waals surface area (Å²) in [7, 11) is 0. The third kappa shape index (κ3) is 4.17. The topological polar surface area (TPSA) is 84.9 Å². The van der Waals surface area contributed by atoms with Crippen LogP contribution in [0.3, 0.4) is 0 Å². The highest BCUT2D eigenvalue weighted by Gasteiger charge is 2.36. The molecule has 7 nitrogen and oxygen atoms in total. The van der Waals surface area contributed by atoms with Crippen LogP contribution in [0.25, 0.3) is 5.57 Å². The fourth-order valence-corrected chi connectivity index (χ4v) is 2.37. The van der Waals surface area contributed by atoms with Crippen LogP contribution < -0.4 is 15.0 Å². The molecule has 0 saturated heterocycles. The molecule has 0 aliphatic carbocycles. The van der Waals surface area contributed by atoms with Gasteiger partial charge in [-0.3, -0.25) is 9.59 Å². The van der Waals surface area contributed by atoms with Crippen molar-refractivity contribution in [3.8, 4) is 5.75 Å². The summed E-state index contributed by atoms with van der Waals surface area (Å²) in [4.78, 5) is 37.3. The molecule has 0 unspecified atom stereocenters. The lowest BCUT2D eigenvalue weighted by Gasteiger charge is -2.20. The molecule has 134 valence electrons. The largest absolute Gasteiger partial charge is 0.501 e. The molecule has 7 heteroatoms. The van der Waals surface area contributed by atoms with Gasteiger partial charge in [-0.05, 0) is 45.9 Å². The Morgan fingerprint density at radius 1 is 1.28 bits per heavy atom. The van der Waals surface area contributed by atoms with Crippen molar-refractivity contribution < 1.29 is 23.9 Å². The maximum absolute atomic E-state index is 12.5. The van der Waals surface area contributed by atoms with Gasteiger partial charge in [0.15, 0.2) is 0 Å². The predicted molar refractivity (Wildman–Crippen MR) is 93.1 cm³/mol. The SMILES string of the molecule is CCOC=C1C(=O)N(C(C)=O)c2ccc(OC(=O)NC(C)(C)C)cc21. The second-order valence-corrected chi connectivity index (χ2v) is 6.59. The number of hydrogen-bond acceptors (Lipinski definition) is 5. The summed E-state index contributed by atoms with van der Waals surface area (Å²) < 4.78 is 10.5. The fraction of sp³-hybridized carbons (Fsp3) is 0.389. The third-order valence-electron chi connectivity index (χ3n) is 3.30. The Bertz CT molecular complexity index is 746. The number of amides is 3. The summed E-state index contributed by atoms with van der Waals surface area (Å²) in [6.45, 7) is 9.00. The summed E-state index contributed by atoms with van der Waals surface area (Å²) >= 11 is 0. The van der Waals surface area contributed by atoms with E-state index in [0.717, 1.165) is 4.90 Å². The Morgan fingerprint density at radius 3 is 2.52 bits per heavy atom. The molecule has 0 bridgehead atoms. The van der Waals surface area contributed by atoms with Gasteiger partial charge in [-0.2, -0.15) is 0 Å². The molecule has 25 heavy (non-hydrogen) atoms. The van der Waals surface area contributed by atoms with Crippen LogP contribution in [0, 0.1) is 0 Å². The highest BCUT2D eigenvalue weighted by molar-refractivity contribution is 6.39. The van der Waals surface area contributed by atoms with Gasteiger partial charge in [-0.15, -0.1) is 0 Å². The molecule has 1 N–H and O–H groups in total. The van der Waals surface area contributed by atoms with Gasteiger partial charge in [0.2, 0.25) is 5.91 Å². The molecular formula is C18H22N2O5. The van der Waals surface area contributed by atoms with Crippen LogP contribution in [-0.2, 0) is 14.3 Å². The number of fused-ring (bicyclic) bond motifs is 1. The number of benzene rings is 1. The van der Waals surface area contributed by atoms with Crippen LogP contribution in [0.1, 0.15) is 40.2 Å². The highest BCUT2D eigenvalue weighted by Crippen LogP contribution is 2.39. The first kappa shape index (κ1) is 18.5. The van der Waals surface area contributed by atoms with Crippen molar-refractivity contribution in [1.82, 2.24) is 5.32 Å². The molecule has 2 rings (SSSR count). The Balaban J connectivity index is 2.36. The van der Waals surface area contributed by atoms with E-state index in [0.29, 0.717) is 17.9 Å². The third-order valence-corrected chi connectivity index (χ3v) is 3.30. The Morgan fingerprint density at radius 2 is 1.96 bits per heavy atom. The highest BCUT2D eigenvalue weighted by atomic mass is 16.6. The minimum atomic E-state index is -0.601. The van der Waals surface area contributed by atoms with Crippen molar-refractivity contribution in [2.75, 3.05) is 11.5 Å². The van der Waals surface area contributed by atoms with E-state index in [1.54, 1.807) is 19.1 Å². The van der Waals surface area contributed by atoms with Crippen molar-refractivity contribution >= 4 is 29.2 Å². The number of carbonyl (C=O) groups is 3. The summed E-state index contributed by atoms with van der Waals surface area (Å²) in [5.41, 5.74) is 0.727. The number of nitrogens with one attached hydrogen (secondary N) is 1. The van der Waals surface area contributed by atoms with Gasteiger partial charge in [0.05, 0.1) is 24.1 Å². The molecule has 3 amide bonds. The summed E-state index contributed by atoms with van der Waals surface area (Å²) in [6.07, 6.45) is 0.721. The van der Waals surface area contributed by atoms with E-state index in [1.807, 2.05) is 20.8 Å². The van der Waals surface area contributed by atoms with E-state index < -0.39 is 23.4 Å². The molecule has 0 radical (unpaired) electrons. The molecular weight excluding hydrogens is 324 g/mol. The number of anilines is 1. The van der Waals surface area contributed by atoms with Crippen LogP contribution in [0.4, 0.5) is 10.5 Å².